The number of carbonyl (C=O) groups excluding carboxylic acids is 1. The van der Waals surface area contributed by atoms with Crippen molar-refractivity contribution in [2.24, 2.45) is 0 Å². The number of ketones is 1. The topological polar surface area (TPSA) is 63.2 Å². The first-order chi connectivity index (χ1) is 5.20. The highest BCUT2D eigenvalue weighted by molar-refractivity contribution is 5.72. The smallest absolute Gasteiger partial charge is 0.126 e. The number of hydrogen-bond donors (Lipinski definition) is 0. The first-order valence-electron chi connectivity index (χ1n) is 3.32. The van der Waals surface area contributed by atoms with Crippen molar-refractivity contribution in [1.82, 2.24) is 0 Å². The fourth-order valence-electron chi connectivity index (χ4n) is 0. The monoisotopic (exact) mass is 172 g/mol. The predicted molar refractivity (Wildman–Crippen MR) is 46.0 cm³/mol. The number of hydrogen-bond acceptors (Lipinski definition) is 3. The Morgan fingerprint density at radius 2 is 0.917 bits per heavy atom. The Morgan fingerprint density at radius 1 is 0.917 bits per heavy atom. The number of Topliss-reactive ketones (excluding diaryl/α,β-unsaturated/α-hetero) is 1. The van der Waals surface area contributed by atoms with E-state index in [9.17, 15) is 15.0 Å². The SMILES string of the molecule is C=C(C)[O-].C=C(C)[O-].CC(C)=O. The lowest BCUT2D eigenvalue weighted by molar-refractivity contribution is -0.301. The second kappa shape index (κ2) is 12.4. The molecule has 0 saturated heterocycles. The van der Waals surface area contributed by atoms with Gasteiger partial charge < -0.3 is 15.0 Å². The maximum absolute atomic E-state index is 9.44. The Morgan fingerprint density at radius 3 is 0.917 bits per heavy atom. The van der Waals surface area contributed by atoms with Crippen molar-refractivity contribution in [3.05, 3.63) is 24.7 Å². The summed E-state index contributed by atoms with van der Waals surface area (Å²) in [5.41, 5.74) is 0. The van der Waals surface area contributed by atoms with Crippen LogP contribution in [0.15, 0.2) is 24.7 Å². The van der Waals surface area contributed by atoms with E-state index in [-0.39, 0.29) is 17.3 Å². The second-order valence-electron chi connectivity index (χ2n) is 2.31. The van der Waals surface area contributed by atoms with Crippen molar-refractivity contribution in [3.63, 3.8) is 0 Å². The average Bonchev–Trinajstić information content (AvgIpc) is 1.54. The van der Waals surface area contributed by atoms with Crippen LogP contribution in [0, 0.1) is 0 Å². The van der Waals surface area contributed by atoms with E-state index < -0.39 is 0 Å². The summed E-state index contributed by atoms with van der Waals surface area (Å²) in [4.78, 5) is 9.44. The molecule has 0 aliphatic rings. The highest BCUT2D eigenvalue weighted by Gasteiger charge is 1.62. The summed E-state index contributed by atoms with van der Waals surface area (Å²) in [7, 11) is 0. The molecule has 0 aromatic rings. The molecule has 0 aliphatic carbocycles. The predicted octanol–water partition coefficient (Wildman–Crippen LogP) is 0.356. The summed E-state index contributed by atoms with van der Waals surface area (Å²) in [6.07, 6.45) is 0. The molecule has 0 saturated carbocycles. The zero-order chi connectivity index (χ0) is 10.7. The largest absolute Gasteiger partial charge is 0.876 e. The average molecular weight is 172 g/mol. The maximum atomic E-state index is 9.44. The lowest BCUT2D eigenvalue weighted by Gasteiger charge is -1.92. The highest BCUT2D eigenvalue weighted by atomic mass is 16.3. The van der Waals surface area contributed by atoms with Crippen LogP contribution in [-0.4, -0.2) is 5.78 Å². The van der Waals surface area contributed by atoms with Crippen LogP contribution in [0.4, 0.5) is 0 Å². The van der Waals surface area contributed by atoms with Gasteiger partial charge in [0.25, 0.3) is 0 Å². The van der Waals surface area contributed by atoms with E-state index in [1.165, 1.54) is 27.7 Å². The molecule has 0 aromatic carbocycles. The van der Waals surface area contributed by atoms with Gasteiger partial charge in [0.15, 0.2) is 0 Å². The van der Waals surface area contributed by atoms with E-state index in [2.05, 4.69) is 13.2 Å². The second-order valence-corrected chi connectivity index (χ2v) is 2.31. The molecule has 0 radical (unpaired) electrons. The van der Waals surface area contributed by atoms with Crippen molar-refractivity contribution in [3.8, 4) is 0 Å². The zero-order valence-electron chi connectivity index (χ0n) is 8.14. The Bertz CT molecular complexity index is 107. The fraction of sp³-hybridized carbons (Fsp3) is 0.444. The van der Waals surface area contributed by atoms with Gasteiger partial charge in [0, 0.05) is 0 Å². The van der Waals surface area contributed by atoms with Crippen LogP contribution >= 0.6 is 0 Å². The molecule has 0 N–H and O–H groups in total. The van der Waals surface area contributed by atoms with Crippen LogP contribution in [0.25, 0.3) is 0 Å². The van der Waals surface area contributed by atoms with E-state index in [1.54, 1.807) is 0 Å². The van der Waals surface area contributed by atoms with Gasteiger partial charge in [-0.1, -0.05) is 13.8 Å². The standard InChI is InChI=1S/3C3H6O/c3*1-3(2)4/h1-2H3;2*4H,1H2,2H3/p-2. The minimum absolute atomic E-state index is 0.0833. The summed E-state index contributed by atoms with van der Waals surface area (Å²) >= 11 is 0. The minimum atomic E-state index is -0.0833. The van der Waals surface area contributed by atoms with E-state index >= 15 is 0 Å². The third-order valence-corrected chi connectivity index (χ3v) is 0. The van der Waals surface area contributed by atoms with Crippen LogP contribution in [0.1, 0.15) is 27.7 Å². The molecule has 0 spiro atoms. The molecule has 0 heterocycles. The molecule has 0 aliphatic heterocycles. The van der Waals surface area contributed by atoms with Crippen molar-refractivity contribution < 1.29 is 15.0 Å². The highest BCUT2D eigenvalue weighted by Crippen LogP contribution is 1.58. The fourth-order valence-corrected chi connectivity index (χ4v) is 0. The van der Waals surface area contributed by atoms with Crippen LogP contribution < -0.4 is 10.2 Å². The summed E-state index contributed by atoms with van der Waals surface area (Å²) in [5, 5.41) is 18.7. The van der Waals surface area contributed by atoms with Gasteiger partial charge in [-0.05, 0) is 13.8 Å². The quantitative estimate of drug-likeness (QED) is 0.495. The molecule has 0 amide bonds. The van der Waals surface area contributed by atoms with Crippen molar-refractivity contribution in [2.45, 2.75) is 27.7 Å². The molecule has 0 atom stereocenters. The summed E-state index contributed by atoms with van der Waals surface area (Å²) < 4.78 is 0. The van der Waals surface area contributed by atoms with Crippen LogP contribution in [-0.2, 0) is 4.79 Å². The molecular formula is C9H16O3-2. The molecule has 72 valence electrons. The Kier molecular flexibility index (Phi) is 17.6. The van der Waals surface area contributed by atoms with Crippen LogP contribution in [0.3, 0.4) is 0 Å². The van der Waals surface area contributed by atoms with Gasteiger partial charge in [0.1, 0.15) is 5.78 Å². The molecule has 0 unspecified atom stereocenters. The number of allylic oxidation sites excluding steroid dienone is 2. The van der Waals surface area contributed by atoms with E-state index in [4.69, 9.17) is 0 Å². The third-order valence-electron chi connectivity index (χ3n) is 0. The summed E-state index contributed by atoms with van der Waals surface area (Å²) in [6, 6.07) is 0. The van der Waals surface area contributed by atoms with Gasteiger partial charge in [-0.3, -0.25) is 0 Å². The molecule has 12 heavy (non-hydrogen) atoms. The van der Waals surface area contributed by atoms with Gasteiger partial charge in [-0.25, -0.2) is 0 Å². The Labute approximate surface area is 74.0 Å². The molecule has 3 nitrogen and oxygen atoms in total. The lowest BCUT2D eigenvalue weighted by atomic mass is 10.6. The van der Waals surface area contributed by atoms with E-state index in [0.29, 0.717) is 0 Å². The summed E-state index contributed by atoms with van der Waals surface area (Å²) in [6.45, 7) is 11.9. The molecule has 0 fully saturated rings. The lowest BCUT2D eigenvalue weighted by Crippen LogP contribution is -1.93. The zero-order valence-corrected chi connectivity index (χ0v) is 8.14. The molecule has 0 aromatic heterocycles. The van der Waals surface area contributed by atoms with Crippen LogP contribution in [0.5, 0.6) is 0 Å². The first-order valence-corrected chi connectivity index (χ1v) is 3.32. The molecule has 0 rings (SSSR count). The van der Waals surface area contributed by atoms with Gasteiger partial charge in [-0.15, -0.1) is 24.7 Å². The van der Waals surface area contributed by atoms with Gasteiger partial charge >= 0.3 is 0 Å². The molecular weight excluding hydrogens is 156 g/mol. The number of rotatable bonds is 0. The molecule has 3 heteroatoms. The minimum Gasteiger partial charge on any atom is -0.876 e. The van der Waals surface area contributed by atoms with Gasteiger partial charge in [0.05, 0.1) is 0 Å². The maximum Gasteiger partial charge on any atom is 0.126 e. The number of carbonyl (C=O) groups is 1. The Balaban J connectivity index is -0.000000101. The normalized spacial score (nSPS) is 6.33. The van der Waals surface area contributed by atoms with E-state index in [1.807, 2.05) is 0 Å². The molecule has 0 bridgehead atoms. The van der Waals surface area contributed by atoms with E-state index in [0.717, 1.165) is 0 Å². The van der Waals surface area contributed by atoms with Crippen molar-refractivity contribution in [2.75, 3.05) is 0 Å². The van der Waals surface area contributed by atoms with Crippen molar-refractivity contribution in [1.29, 1.82) is 0 Å². The Hall–Kier alpha value is -1.25. The van der Waals surface area contributed by atoms with Gasteiger partial charge in [0.2, 0.25) is 0 Å². The van der Waals surface area contributed by atoms with Gasteiger partial charge in [-0.2, -0.15) is 0 Å². The first kappa shape index (κ1) is 17.0. The summed E-state index contributed by atoms with van der Waals surface area (Å²) in [5.74, 6) is 0.000000000000000222. The van der Waals surface area contributed by atoms with Crippen LogP contribution in [0.2, 0.25) is 0 Å². The van der Waals surface area contributed by atoms with Crippen molar-refractivity contribution >= 4 is 5.78 Å². The third kappa shape index (κ3) is 336.